The maximum atomic E-state index is 13.3. The van der Waals surface area contributed by atoms with Gasteiger partial charge in [0.25, 0.3) is 5.91 Å². The molecule has 7 heteroatoms. The van der Waals surface area contributed by atoms with Crippen LogP contribution in [-0.2, 0) is 6.42 Å². The Balaban J connectivity index is 1.51. The van der Waals surface area contributed by atoms with Crippen LogP contribution in [0.4, 0.5) is 0 Å². The number of hydrogen-bond acceptors (Lipinski definition) is 5. The number of benzene rings is 2. The van der Waals surface area contributed by atoms with Crippen molar-refractivity contribution in [2.75, 3.05) is 20.3 Å². The molecule has 1 atom stereocenters. The van der Waals surface area contributed by atoms with E-state index in [0.29, 0.717) is 35.6 Å². The first kappa shape index (κ1) is 25.8. The smallest absolute Gasteiger partial charge is 0.255 e. The average molecular weight is 498 g/mol. The minimum atomic E-state index is -0.282. The molecule has 0 saturated heterocycles. The maximum Gasteiger partial charge on any atom is 0.255 e. The third kappa shape index (κ3) is 6.49. The molecule has 0 aliphatic carbocycles. The lowest BCUT2D eigenvalue weighted by Crippen LogP contribution is -2.32. The maximum absolute atomic E-state index is 13.3. The molecular weight excluding hydrogens is 466 g/mol. The first-order valence-corrected chi connectivity index (χ1v) is 12.2. The molecule has 4 aromatic rings. The van der Waals surface area contributed by atoms with E-state index in [2.05, 4.69) is 27.1 Å². The average Bonchev–Trinajstić information content (AvgIpc) is 3.32. The van der Waals surface area contributed by atoms with Gasteiger partial charge in [-0.2, -0.15) is 0 Å². The number of aliphatic hydroxyl groups excluding tert-OH is 1. The molecule has 2 heterocycles. The largest absolute Gasteiger partial charge is 0.495 e. The van der Waals surface area contributed by atoms with Gasteiger partial charge in [0.05, 0.1) is 24.3 Å². The first-order chi connectivity index (χ1) is 18.0. The fraction of sp³-hybridized carbons (Fsp3) is 0.267. The standard InChI is InChI=1S/C30H31N3O4/c1-20(2)37-29-11-9-21(8-10-23-6-4-5-7-28(23)36-3)15-25(29)30(35)33-16-22(19-34)14-24-17-32-27-12-13-31-18-26(24)27/h4-7,9,11-13,15,17-18,20,22,32,34H,14,16,19H2,1-3H3,(H,33,35). The SMILES string of the molecule is COc1ccccc1C#Cc1ccc(OC(C)C)c(C(=O)NCC(CO)Cc2c[nH]c3ccncc23)c1. The summed E-state index contributed by atoms with van der Waals surface area (Å²) < 4.78 is 11.3. The predicted octanol–water partition coefficient (Wildman–Crippen LogP) is 4.34. The Morgan fingerprint density at radius 2 is 1.97 bits per heavy atom. The monoisotopic (exact) mass is 497 g/mol. The molecule has 0 aliphatic rings. The number of aliphatic hydroxyl groups is 1. The molecule has 2 aromatic carbocycles. The first-order valence-electron chi connectivity index (χ1n) is 12.2. The van der Waals surface area contributed by atoms with Gasteiger partial charge in [-0.15, -0.1) is 0 Å². The van der Waals surface area contributed by atoms with E-state index in [4.69, 9.17) is 9.47 Å². The van der Waals surface area contributed by atoms with Crippen LogP contribution in [0.25, 0.3) is 10.9 Å². The van der Waals surface area contributed by atoms with Crippen LogP contribution >= 0.6 is 0 Å². The number of carbonyl (C=O) groups excluding carboxylic acids is 1. The van der Waals surface area contributed by atoms with E-state index < -0.39 is 0 Å². The highest BCUT2D eigenvalue weighted by Gasteiger charge is 2.18. The highest BCUT2D eigenvalue weighted by molar-refractivity contribution is 5.97. The summed E-state index contributed by atoms with van der Waals surface area (Å²) in [5.41, 5.74) is 3.88. The number of hydrogen-bond donors (Lipinski definition) is 3. The zero-order valence-electron chi connectivity index (χ0n) is 21.2. The van der Waals surface area contributed by atoms with Crippen molar-refractivity contribution >= 4 is 16.8 Å². The van der Waals surface area contributed by atoms with Crippen LogP contribution < -0.4 is 14.8 Å². The molecule has 7 nitrogen and oxygen atoms in total. The van der Waals surface area contributed by atoms with Crippen LogP contribution in [0.1, 0.15) is 40.9 Å². The number of carbonyl (C=O) groups is 1. The van der Waals surface area contributed by atoms with Crippen molar-refractivity contribution in [2.24, 2.45) is 5.92 Å². The minimum absolute atomic E-state index is 0.0625. The van der Waals surface area contributed by atoms with E-state index in [1.165, 1.54) is 0 Å². The van der Waals surface area contributed by atoms with Crippen molar-refractivity contribution in [3.63, 3.8) is 0 Å². The normalized spacial score (nSPS) is 11.6. The Hall–Kier alpha value is -4.28. The fourth-order valence-electron chi connectivity index (χ4n) is 4.06. The second-order valence-corrected chi connectivity index (χ2v) is 9.03. The second-order valence-electron chi connectivity index (χ2n) is 9.03. The summed E-state index contributed by atoms with van der Waals surface area (Å²) in [6, 6.07) is 14.8. The summed E-state index contributed by atoms with van der Waals surface area (Å²) in [5, 5.41) is 14.0. The summed E-state index contributed by atoms with van der Waals surface area (Å²) in [7, 11) is 1.61. The van der Waals surface area contributed by atoms with Crippen LogP contribution in [-0.4, -0.2) is 47.3 Å². The number of H-pyrrole nitrogens is 1. The number of nitrogens with zero attached hydrogens (tertiary/aromatic N) is 1. The number of pyridine rings is 1. The van der Waals surface area contributed by atoms with Crippen molar-refractivity contribution in [3.8, 4) is 23.3 Å². The molecule has 0 radical (unpaired) electrons. The van der Waals surface area contributed by atoms with Gasteiger partial charge in [0, 0.05) is 54.1 Å². The van der Waals surface area contributed by atoms with E-state index in [0.717, 1.165) is 22.0 Å². The van der Waals surface area contributed by atoms with Crippen LogP contribution in [0.2, 0.25) is 0 Å². The fourth-order valence-corrected chi connectivity index (χ4v) is 4.06. The molecule has 0 spiro atoms. The number of aromatic amines is 1. The number of methoxy groups -OCH3 is 1. The zero-order valence-corrected chi connectivity index (χ0v) is 21.2. The molecule has 1 unspecified atom stereocenters. The summed E-state index contributed by atoms with van der Waals surface area (Å²) >= 11 is 0. The lowest BCUT2D eigenvalue weighted by molar-refractivity contribution is 0.0934. The van der Waals surface area contributed by atoms with Gasteiger partial charge in [-0.25, -0.2) is 0 Å². The number of aromatic nitrogens is 2. The van der Waals surface area contributed by atoms with Gasteiger partial charge in [0.1, 0.15) is 11.5 Å². The van der Waals surface area contributed by atoms with Crippen LogP contribution in [0.15, 0.2) is 67.1 Å². The second kappa shape index (κ2) is 12.1. The van der Waals surface area contributed by atoms with Gasteiger partial charge in [-0.05, 0) is 62.2 Å². The highest BCUT2D eigenvalue weighted by Crippen LogP contribution is 2.23. The Morgan fingerprint density at radius 1 is 1.14 bits per heavy atom. The lowest BCUT2D eigenvalue weighted by atomic mass is 10.00. The van der Waals surface area contributed by atoms with Gasteiger partial charge in [-0.1, -0.05) is 24.0 Å². The van der Waals surface area contributed by atoms with Gasteiger partial charge in [-0.3, -0.25) is 9.78 Å². The Bertz CT molecular complexity index is 1430. The topological polar surface area (TPSA) is 96.5 Å². The van der Waals surface area contributed by atoms with Crippen LogP contribution in [0.5, 0.6) is 11.5 Å². The number of fused-ring (bicyclic) bond motifs is 1. The third-order valence-corrected chi connectivity index (χ3v) is 5.92. The number of para-hydroxylation sites is 1. The highest BCUT2D eigenvalue weighted by atomic mass is 16.5. The molecule has 0 fully saturated rings. The Morgan fingerprint density at radius 3 is 2.76 bits per heavy atom. The summed E-state index contributed by atoms with van der Waals surface area (Å²) in [6.07, 6.45) is 5.97. The van der Waals surface area contributed by atoms with E-state index in [9.17, 15) is 9.90 Å². The molecular formula is C30H31N3O4. The number of ether oxygens (including phenoxy) is 2. The number of amides is 1. The van der Waals surface area contributed by atoms with Gasteiger partial charge in [0.2, 0.25) is 0 Å². The van der Waals surface area contributed by atoms with Crippen molar-refractivity contribution < 1.29 is 19.4 Å². The molecule has 37 heavy (non-hydrogen) atoms. The Labute approximate surface area is 216 Å². The van der Waals surface area contributed by atoms with Crippen LogP contribution in [0.3, 0.4) is 0 Å². The molecule has 0 aliphatic heterocycles. The molecule has 4 rings (SSSR count). The molecule has 2 aromatic heterocycles. The van der Waals surface area contributed by atoms with Crippen molar-refractivity contribution in [3.05, 3.63) is 89.4 Å². The predicted molar refractivity (Wildman–Crippen MR) is 144 cm³/mol. The van der Waals surface area contributed by atoms with Crippen LogP contribution in [0, 0.1) is 17.8 Å². The van der Waals surface area contributed by atoms with Crippen molar-refractivity contribution in [2.45, 2.75) is 26.4 Å². The van der Waals surface area contributed by atoms with Gasteiger partial charge >= 0.3 is 0 Å². The van der Waals surface area contributed by atoms with Crippen molar-refractivity contribution in [1.82, 2.24) is 15.3 Å². The minimum Gasteiger partial charge on any atom is -0.495 e. The molecule has 1 amide bonds. The summed E-state index contributed by atoms with van der Waals surface area (Å²) in [5.74, 6) is 6.97. The zero-order chi connectivity index (χ0) is 26.2. The molecule has 190 valence electrons. The summed E-state index contributed by atoms with van der Waals surface area (Å²) in [4.78, 5) is 20.7. The third-order valence-electron chi connectivity index (χ3n) is 5.92. The van der Waals surface area contributed by atoms with Crippen molar-refractivity contribution in [1.29, 1.82) is 0 Å². The van der Waals surface area contributed by atoms with E-state index in [-0.39, 0.29) is 24.5 Å². The summed E-state index contributed by atoms with van der Waals surface area (Å²) in [6.45, 7) is 4.07. The van der Waals surface area contributed by atoms with Gasteiger partial charge < -0.3 is 24.9 Å². The molecule has 3 N–H and O–H groups in total. The van der Waals surface area contributed by atoms with E-state index in [1.807, 2.05) is 56.4 Å². The van der Waals surface area contributed by atoms with E-state index in [1.54, 1.807) is 31.6 Å². The number of rotatable bonds is 9. The number of nitrogens with one attached hydrogen (secondary N) is 2. The van der Waals surface area contributed by atoms with E-state index >= 15 is 0 Å². The molecule has 0 saturated carbocycles. The molecule has 0 bridgehead atoms. The quantitative estimate of drug-likeness (QED) is 0.299. The van der Waals surface area contributed by atoms with Gasteiger partial charge in [0.15, 0.2) is 0 Å². The Kier molecular flexibility index (Phi) is 8.44. The lowest BCUT2D eigenvalue weighted by Gasteiger charge is -2.17.